The van der Waals surface area contributed by atoms with Gasteiger partial charge in [-0.3, -0.25) is 5.10 Å². The lowest BCUT2D eigenvalue weighted by atomic mass is 10.1. The number of H-pyrrole nitrogens is 1. The number of hydrogen-bond donors (Lipinski definition) is 2. The first-order chi connectivity index (χ1) is 9.63. The second kappa shape index (κ2) is 5.54. The number of rotatable bonds is 2. The normalized spacial score (nSPS) is 19.4. The zero-order valence-electron chi connectivity index (χ0n) is 11.7. The maximum atomic E-state index is 4.65. The molecule has 0 amide bonds. The van der Waals surface area contributed by atoms with Crippen molar-refractivity contribution in [3.63, 3.8) is 0 Å². The van der Waals surface area contributed by atoms with Crippen LogP contribution >= 0.6 is 15.9 Å². The Kier molecular flexibility index (Phi) is 3.76. The predicted molar refractivity (Wildman–Crippen MR) is 83.9 cm³/mol. The quantitative estimate of drug-likeness (QED) is 0.884. The summed E-state index contributed by atoms with van der Waals surface area (Å²) in [5.41, 5.74) is 2.27. The first-order valence-electron chi connectivity index (χ1n) is 6.81. The van der Waals surface area contributed by atoms with Crippen LogP contribution in [0.15, 0.2) is 22.7 Å². The van der Waals surface area contributed by atoms with Gasteiger partial charge in [0, 0.05) is 35.7 Å². The van der Waals surface area contributed by atoms with Gasteiger partial charge in [0.1, 0.15) is 0 Å². The number of aromatic amines is 1. The van der Waals surface area contributed by atoms with Gasteiger partial charge in [0.15, 0.2) is 5.82 Å². The average Bonchev–Trinajstić information content (AvgIpc) is 2.88. The van der Waals surface area contributed by atoms with E-state index >= 15 is 0 Å². The van der Waals surface area contributed by atoms with E-state index in [1.54, 1.807) is 0 Å². The Morgan fingerprint density at radius 3 is 3.00 bits per heavy atom. The highest BCUT2D eigenvalue weighted by molar-refractivity contribution is 9.10. The number of benzene rings is 1. The van der Waals surface area contributed by atoms with Gasteiger partial charge in [-0.1, -0.05) is 15.9 Å². The molecule has 2 heterocycles. The minimum atomic E-state index is 0.472. The molecule has 1 atom stereocenters. The molecular weight excluding hydrogens is 318 g/mol. The van der Waals surface area contributed by atoms with Crippen LogP contribution in [-0.4, -0.2) is 40.9 Å². The highest BCUT2D eigenvalue weighted by Gasteiger charge is 2.19. The van der Waals surface area contributed by atoms with Gasteiger partial charge in [-0.25, -0.2) is 0 Å². The SMILES string of the molecule is Cc1cc(Br)ccc1-c1nc(N2CCN[C@H](C)C2)n[nH]1. The van der Waals surface area contributed by atoms with Crippen LogP contribution in [0, 0.1) is 6.92 Å². The number of nitrogens with zero attached hydrogens (tertiary/aromatic N) is 3. The summed E-state index contributed by atoms with van der Waals surface area (Å²) < 4.78 is 1.08. The number of aromatic nitrogens is 3. The molecule has 20 heavy (non-hydrogen) atoms. The van der Waals surface area contributed by atoms with E-state index < -0.39 is 0 Å². The summed E-state index contributed by atoms with van der Waals surface area (Å²) in [6.07, 6.45) is 0. The van der Waals surface area contributed by atoms with Crippen molar-refractivity contribution in [1.82, 2.24) is 20.5 Å². The van der Waals surface area contributed by atoms with Crippen LogP contribution in [0.25, 0.3) is 11.4 Å². The molecule has 6 heteroatoms. The van der Waals surface area contributed by atoms with Crippen LogP contribution in [-0.2, 0) is 0 Å². The van der Waals surface area contributed by atoms with Crippen LogP contribution in [0.2, 0.25) is 0 Å². The van der Waals surface area contributed by atoms with Gasteiger partial charge in [0.2, 0.25) is 5.95 Å². The minimum Gasteiger partial charge on any atom is -0.337 e. The molecule has 1 aliphatic rings. The van der Waals surface area contributed by atoms with Crippen molar-refractivity contribution >= 4 is 21.9 Å². The van der Waals surface area contributed by atoms with Gasteiger partial charge in [0.05, 0.1) is 0 Å². The molecule has 1 aromatic heterocycles. The van der Waals surface area contributed by atoms with Gasteiger partial charge in [-0.15, -0.1) is 5.10 Å². The molecule has 0 radical (unpaired) electrons. The zero-order chi connectivity index (χ0) is 14.1. The Morgan fingerprint density at radius 2 is 2.25 bits per heavy atom. The Labute approximate surface area is 126 Å². The van der Waals surface area contributed by atoms with E-state index in [4.69, 9.17) is 0 Å². The largest absolute Gasteiger partial charge is 0.337 e. The van der Waals surface area contributed by atoms with Crippen LogP contribution in [0.1, 0.15) is 12.5 Å². The van der Waals surface area contributed by atoms with Gasteiger partial charge >= 0.3 is 0 Å². The maximum absolute atomic E-state index is 4.65. The lowest BCUT2D eigenvalue weighted by molar-refractivity contribution is 0.480. The van der Waals surface area contributed by atoms with E-state index in [1.807, 2.05) is 6.07 Å². The molecule has 106 valence electrons. The molecule has 1 aliphatic heterocycles. The van der Waals surface area contributed by atoms with E-state index in [2.05, 4.69) is 67.3 Å². The second-order valence-electron chi connectivity index (χ2n) is 5.24. The topological polar surface area (TPSA) is 56.8 Å². The number of piperazine rings is 1. The Morgan fingerprint density at radius 1 is 1.40 bits per heavy atom. The molecule has 2 N–H and O–H groups in total. The van der Waals surface area contributed by atoms with Crippen molar-refractivity contribution in [2.75, 3.05) is 24.5 Å². The summed E-state index contributed by atoms with van der Waals surface area (Å²) in [7, 11) is 0. The van der Waals surface area contributed by atoms with E-state index in [-0.39, 0.29) is 0 Å². The summed E-state index contributed by atoms with van der Waals surface area (Å²) >= 11 is 3.48. The molecule has 2 aromatic rings. The third-order valence-electron chi connectivity index (χ3n) is 3.57. The number of aryl methyl sites for hydroxylation is 1. The van der Waals surface area contributed by atoms with Crippen molar-refractivity contribution in [1.29, 1.82) is 0 Å². The van der Waals surface area contributed by atoms with Crippen molar-refractivity contribution < 1.29 is 0 Å². The first kappa shape index (κ1) is 13.6. The molecule has 1 aromatic carbocycles. The Bertz CT molecular complexity index is 609. The summed E-state index contributed by atoms with van der Waals surface area (Å²) in [5, 5.41) is 10.8. The van der Waals surface area contributed by atoms with Crippen molar-refractivity contribution in [2.24, 2.45) is 0 Å². The number of hydrogen-bond acceptors (Lipinski definition) is 4. The van der Waals surface area contributed by atoms with Crippen LogP contribution in [0.5, 0.6) is 0 Å². The summed E-state index contributed by atoms with van der Waals surface area (Å²) in [6, 6.07) is 6.64. The number of nitrogens with one attached hydrogen (secondary N) is 2. The van der Waals surface area contributed by atoms with E-state index in [0.29, 0.717) is 6.04 Å². The third-order valence-corrected chi connectivity index (χ3v) is 4.06. The molecular formula is C14H18BrN5. The minimum absolute atomic E-state index is 0.472. The second-order valence-corrected chi connectivity index (χ2v) is 6.16. The van der Waals surface area contributed by atoms with Gasteiger partial charge < -0.3 is 10.2 Å². The zero-order valence-corrected chi connectivity index (χ0v) is 13.2. The molecule has 0 bridgehead atoms. The average molecular weight is 336 g/mol. The standard InChI is InChI=1S/C14H18BrN5/c1-9-7-11(15)3-4-12(9)13-17-14(19-18-13)20-6-5-16-10(2)8-20/h3-4,7,10,16H,5-6,8H2,1-2H3,(H,17,18,19)/t10-/m1/s1. The summed E-state index contributed by atoms with van der Waals surface area (Å²) in [4.78, 5) is 6.86. The van der Waals surface area contributed by atoms with E-state index in [1.165, 1.54) is 5.56 Å². The van der Waals surface area contributed by atoms with Crippen LogP contribution < -0.4 is 10.2 Å². The Hall–Kier alpha value is -1.40. The van der Waals surface area contributed by atoms with Gasteiger partial charge in [-0.05, 0) is 37.6 Å². The molecule has 0 unspecified atom stereocenters. The van der Waals surface area contributed by atoms with Crippen molar-refractivity contribution in [2.45, 2.75) is 19.9 Å². The van der Waals surface area contributed by atoms with E-state index in [9.17, 15) is 0 Å². The fourth-order valence-corrected chi connectivity index (χ4v) is 3.00. The molecule has 3 rings (SSSR count). The lowest BCUT2D eigenvalue weighted by Crippen LogP contribution is -2.49. The maximum Gasteiger partial charge on any atom is 0.245 e. The van der Waals surface area contributed by atoms with Crippen LogP contribution in [0.3, 0.4) is 0 Å². The summed E-state index contributed by atoms with van der Waals surface area (Å²) in [5.74, 6) is 1.62. The lowest BCUT2D eigenvalue weighted by Gasteiger charge is -2.30. The van der Waals surface area contributed by atoms with Crippen LogP contribution in [0.4, 0.5) is 5.95 Å². The van der Waals surface area contributed by atoms with Gasteiger partial charge in [0.25, 0.3) is 0 Å². The van der Waals surface area contributed by atoms with Gasteiger partial charge in [-0.2, -0.15) is 4.98 Å². The molecule has 1 fully saturated rings. The predicted octanol–water partition coefficient (Wildman–Crippen LogP) is 2.34. The molecule has 1 saturated heterocycles. The molecule has 0 spiro atoms. The Balaban J connectivity index is 1.86. The van der Waals surface area contributed by atoms with Crippen molar-refractivity contribution in [3.05, 3.63) is 28.2 Å². The van der Waals surface area contributed by atoms with E-state index in [0.717, 1.165) is 41.4 Å². The molecule has 5 nitrogen and oxygen atoms in total. The highest BCUT2D eigenvalue weighted by atomic mass is 79.9. The molecule has 0 aliphatic carbocycles. The fourth-order valence-electron chi connectivity index (χ4n) is 2.52. The third kappa shape index (κ3) is 2.71. The number of halogens is 1. The highest BCUT2D eigenvalue weighted by Crippen LogP contribution is 2.24. The number of anilines is 1. The van der Waals surface area contributed by atoms with Crippen molar-refractivity contribution in [3.8, 4) is 11.4 Å². The fraction of sp³-hybridized carbons (Fsp3) is 0.429. The summed E-state index contributed by atoms with van der Waals surface area (Å²) in [6.45, 7) is 7.12. The monoisotopic (exact) mass is 335 g/mol. The molecule has 0 saturated carbocycles. The first-order valence-corrected chi connectivity index (χ1v) is 7.60. The smallest absolute Gasteiger partial charge is 0.245 e.